The van der Waals surface area contributed by atoms with Crippen molar-refractivity contribution in [1.82, 2.24) is 0 Å². The molecule has 2 rings (SSSR count). The highest BCUT2D eigenvalue weighted by Gasteiger charge is 2.12. The van der Waals surface area contributed by atoms with E-state index in [1.54, 1.807) is 36.4 Å². The summed E-state index contributed by atoms with van der Waals surface area (Å²) in [5, 5.41) is 5.21. The molecular formula is C15H13Cl2NO2S. The average molecular weight is 342 g/mol. The lowest BCUT2D eigenvalue weighted by Gasteiger charge is -2.07. The summed E-state index contributed by atoms with van der Waals surface area (Å²) in [4.78, 5) is 5.54. The Bertz CT molecular complexity index is 654. The Labute approximate surface area is 136 Å². The van der Waals surface area contributed by atoms with Gasteiger partial charge in [0, 0.05) is 20.5 Å². The molecule has 0 heterocycles. The molecule has 21 heavy (non-hydrogen) atoms. The molecule has 0 saturated heterocycles. The number of hydrogen-bond acceptors (Lipinski definition) is 3. The minimum atomic E-state index is -1.23. The second kappa shape index (κ2) is 7.59. The van der Waals surface area contributed by atoms with E-state index in [1.807, 2.05) is 12.1 Å². The lowest BCUT2D eigenvalue weighted by Crippen LogP contribution is -2.13. The van der Waals surface area contributed by atoms with Crippen LogP contribution in [-0.2, 0) is 15.6 Å². The lowest BCUT2D eigenvalue weighted by molar-refractivity contribution is 0.213. The minimum absolute atomic E-state index is 0.247. The number of hydrogen-bond donors (Lipinski definition) is 0. The molecule has 0 amide bonds. The van der Waals surface area contributed by atoms with Crippen molar-refractivity contribution in [1.29, 1.82) is 0 Å². The molecule has 0 aliphatic carbocycles. The molecule has 1 atom stereocenters. The van der Waals surface area contributed by atoms with Crippen LogP contribution in [0, 0.1) is 0 Å². The largest absolute Gasteiger partial charge is 0.399 e. The number of halogens is 2. The van der Waals surface area contributed by atoms with Crippen molar-refractivity contribution in [2.75, 3.05) is 12.9 Å². The molecule has 2 aromatic rings. The highest BCUT2D eigenvalue weighted by Crippen LogP contribution is 2.15. The molecule has 0 saturated carbocycles. The predicted octanol–water partition coefficient (Wildman–Crippen LogP) is 4.15. The summed E-state index contributed by atoms with van der Waals surface area (Å²) >= 11 is 11.7. The maximum Gasteiger partial charge on any atom is 0.106 e. The van der Waals surface area contributed by atoms with E-state index in [0.717, 1.165) is 5.56 Å². The summed E-state index contributed by atoms with van der Waals surface area (Å²) in [6, 6.07) is 14.1. The molecule has 0 bridgehead atoms. The van der Waals surface area contributed by atoms with E-state index in [-0.39, 0.29) is 5.75 Å². The molecule has 0 aliphatic heterocycles. The van der Waals surface area contributed by atoms with E-state index in [2.05, 4.69) is 5.16 Å². The fraction of sp³-hybridized carbons (Fsp3) is 0.133. The molecule has 3 nitrogen and oxygen atoms in total. The Kier molecular flexibility index (Phi) is 5.79. The molecule has 2 aromatic carbocycles. The molecule has 0 aromatic heterocycles. The zero-order valence-corrected chi connectivity index (χ0v) is 13.6. The van der Waals surface area contributed by atoms with Crippen LogP contribution in [0.3, 0.4) is 0 Å². The summed E-state index contributed by atoms with van der Waals surface area (Å²) < 4.78 is 12.4. The van der Waals surface area contributed by atoms with Crippen molar-refractivity contribution < 1.29 is 9.05 Å². The van der Waals surface area contributed by atoms with Gasteiger partial charge in [-0.2, -0.15) is 0 Å². The van der Waals surface area contributed by atoms with E-state index in [0.29, 0.717) is 20.7 Å². The highest BCUT2D eigenvalue weighted by atomic mass is 35.5. The fourth-order valence-corrected chi connectivity index (χ4v) is 3.03. The summed E-state index contributed by atoms with van der Waals surface area (Å²) in [6.45, 7) is 0. The first-order valence-corrected chi connectivity index (χ1v) is 8.17. The van der Waals surface area contributed by atoms with E-state index < -0.39 is 10.8 Å². The van der Waals surface area contributed by atoms with Crippen LogP contribution in [0.4, 0.5) is 0 Å². The molecule has 6 heteroatoms. The van der Waals surface area contributed by atoms with Crippen LogP contribution >= 0.6 is 23.2 Å². The van der Waals surface area contributed by atoms with Crippen LogP contribution in [-0.4, -0.2) is 22.8 Å². The van der Waals surface area contributed by atoms with Gasteiger partial charge >= 0.3 is 0 Å². The van der Waals surface area contributed by atoms with Crippen LogP contribution < -0.4 is 0 Å². The lowest BCUT2D eigenvalue weighted by atomic mass is 10.1. The summed E-state index contributed by atoms with van der Waals surface area (Å²) in [5.41, 5.74) is 1.42. The highest BCUT2D eigenvalue weighted by molar-refractivity contribution is 7.85. The van der Waals surface area contributed by atoms with Gasteiger partial charge in [0.25, 0.3) is 0 Å². The van der Waals surface area contributed by atoms with Crippen molar-refractivity contribution in [2.45, 2.75) is 4.90 Å². The van der Waals surface area contributed by atoms with Gasteiger partial charge in [-0.05, 0) is 36.4 Å². The third-order valence-electron chi connectivity index (χ3n) is 2.72. The van der Waals surface area contributed by atoms with Crippen LogP contribution in [0.2, 0.25) is 10.0 Å². The number of rotatable bonds is 5. The smallest absolute Gasteiger partial charge is 0.106 e. The monoisotopic (exact) mass is 341 g/mol. The van der Waals surface area contributed by atoms with Gasteiger partial charge in [-0.15, -0.1) is 0 Å². The van der Waals surface area contributed by atoms with E-state index >= 15 is 0 Å². The topological polar surface area (TPSA) is 38.7 Å². The Morgan fingerprint density at radius 2 is 1.57 bits per heavy atom. The molecule has 0 N–H and O–H groups in total. The average Bonchev–Trinajstić information content (AvgIpc) is 2.48. The number of nitrogens with zero attached hydrogens (tertiary/aromatic N) is 1. The maximum absolute atomic E-state index is 12.4. The van der Waals surface area contributed by atoms with Crippen LogP contribution in [0.5, 0.6) is 0 Å². The SMILES string of the molecule is CO/N=C(\C[S@](=O)c1ccc(Cl)cc1)c1ccc(Cl)cc1. The first-order valence-electron chi connectivity index (χ1n) is 6.10. The molecule has 0 unspecified atom stereocenters. The molecule has 110 valence electrons. The summed E-state index contributed by atoms with van der Waals surface area (Å²) in [6.07, 6.45) is 0. The molecule has 0 radical (unpaired) electrons. The summed E-state index contributed by atoms with van der Waals surface area (Å²) in [7, 11) is 0.228. The third-order valence-corrected chi connectivity index (χ3v) is 4.56. The van der Waals surface area contributed by atoms with E-state index in [4.69, 9.17) is 28.0 Å². The molecule has 0 spiro atoms. The van der Waals surface area contributed by atoms with Gasteiger partial charge in [0.05, 0.1) is 22.3 Å². The Balaban J connectivity index is 2.20. The molecule has 0 aliphatic rings. The number of benzene rings is 2. The minimum Gasteiger partial charge on any atom is -0.399 e. The van der Waals surface area contributed by atoms with Crippen molar-refractivity contribution in [3.8, 4) is 0 Å². The molecular weight excluding hydrogens is 329 g/mol. The Morgan fingerprint density at radius 3 is 2.10 bits per heavy atom. The Hall–Kier alpha value is -1.36. The first kappa shape index (κ1) is 16.0. The second-order valence-electron chi connectivity index (χ2n) is 4.17. The zero-order chi connectivity index (χ0) is 15.2. The van der Waals surface area contributed by atoms with Gasteiger partial charge in [0.15, 0.2) is 0 Å². The van der Waals surface area contributed by atoms with Crippen molar-refractivity contribution in [2.24, 2.45) is 5.16 Å². The van der Waals surface area contributed by atoms with Gasteiger partial charge < -0.3 is 4.84 Å². The maximum atomic E-state index is 12.4. The normalized spacial score (nSPS) is 13.0. The van der Waals surface area contributed by atoms with E-state index in [1.165, 1.54) is 7.11 Å². The van der Waals surface area contributed by atoms with Crippen LogP contribution in [0.25, 0.3) is 0 Å². The third kappa shape index (κ3) is 4.56. The van der Waals surface area contributed by atoms with Crippen LogP contribution in [0.1, 0.15) is 5.56 Å². The van der Waals surface area contributed by atoms with Crippen molar-refractivity contribution in [3.63, 3.8) is 0 Å². The van der Waals surface area contributed by atoms with Crippen molar-refractivity contribution >= 4 is 39.7 Å². The number of oxime groups is 1. The summed E-state index contributed by atoms with van der Waals surface area (Å²) in [5.74, 6) is 0.247. The van der Waals surface area contributed by atoms with Gasteiger partial charge in [-0.1, -0.05) is 40.5 Å². The van der Waals surface area contributed by atoms with Crippen molar-refractivity contribution in [3.05, 3.63) is 64.1 Å². The second-order valence-corrected chi connectivity index (χ2v) is 6.50. The first-order chi connectivity index (χ1) is 10.1. The fourth-order valence-electron chi connectivity index (χ4n) is 1.71. The van der Waals surface area contributed by atoms with Gasteiger partial charge in [-0.3, -0.25) is 4.21 Å². The van der Waals surface area contributed by atoms with Gasteiger partial charge in [0.1, 0.15) is 7.11 Å². The predicted molar refractivity (Wildman–Crippen MR) is 87.7 cm³/mol. The van der Waals surface area contributed by atoms with Crippen LogP contribution in [0.15, 0.2) is 58.6 Å². The zero-order valence-electron chi connectivity index (χ0n) is 11.3. The van der Waals surface area contributed by atoms with Gasteiger partial charge in [-0.25, -0.2) is 0 Å². The molecule has 0 fully saturated rings. The Morgan fingerprint density at radius 1 is 1.05 bits per heavy atom. The van der Waals surface area contributed by atoms with Gasteiger partial charge in [0.2, 0.25) is 0 Å². The van der Waals surface area contributed by atoms with E-state index in [9.17, 15) is 4.21 Å². The quantitative estimate of drug-likeness (QED) is 0.605. The standard InChI is InChI=1S/C15H13Cl2NO2S/c1-20-18-15(11-2-4-12(16)5-3-11)10-21(19)14-8-6-13(17)7-9-14/h2-9H,10H2,1H3/b18-15+/t21-/m0/s1.